The van der Waals surface area contributed by atoms with Crippen molar-refractivity contribution >= 4 is 35.5 Å². The van der Waals surface area contributed by atoms with Gasteiger partial charge in [0, 0.05) is 0 Å². The summed E-state index contributed by atoms with van der Waals surface area (Å²) in [6, 6.07) is 1.78. The van der Waals surface area contributed by atoms with Crippen molar-refractivity contribution < 1.29 is 39.0 Å². The summed E-state index contributed by atoms with van der Waals surface area (Å²) in [5.74, 6) is -6.03. The highest BCUT2D eigenvalue weighted by Gasteiger charge is 2.27. The van der Waals surface area contributed by atoms with Crippen molar-refractivity contribution in [1.29, 1.82) is 0 Å². The second kappa shape index (κ2) is 12.6. The van der Waals surface area contributed by atoms with Crippen LogP contribution in [0, 0.1) is 0 Å². The number of amides is 5. The maximum Gasteiger partial charge on any atom is 0.326 e. The van der Waals surface area contributed by atoms with Gasteiger partial charge in [0.2, 0.25) is 29.5 Å². The standard InChI is InChI=1S/C19H26N6O8/c20-11(5-9-1-3-10(26)4-2-9)17(30)25-12(6-14(21)27)18(31)23-8-16(29)24-13(19(32)33)7-15(22)28/h1-4,11-13,26H,5-8,20H2,(H2,21,27)(H2,22,28)(H,23,31)(H,24,29)(H,25,30)(H,32,33). The van der Waals surface area contributed by atoms with E-state index in [0.717, 1.165) is 0 Å². The fourth-order valence-corrected chi connectivity index (χ4v) is 2.61. The number of carbonyl (C=O) groups excluding carboxylic acids is 5. The van der Waals surface area contributed by atoms with Gasteiger partial charge in [0.15, 0.2) is 0 Å². The number of nitrogens with two attached hydrogens (primary N) is 3. The number of hydrogen-bond donors (Lipinski definition) is 8. The van der Waals surface area contributed by atoms with Crippen molar-refractivity contribution in [2.75, 3.05) is 6.54 Å². The van der Waals surface area contributed by atoms with Crippen LogP contribution in [-0.4, -0.2) is 70.4 Å². The van der Waals surface area contributed by atoms with Crippen molar-refractivity contribution in [3.8, 4) is 5.75 Å². The molecule has 3 atom stereocenters. The minimum absolute atomic E-state index is 0.0308. The molecule has 3 unspecified atom stereocenters. The van der Waals surface area contributed by atoms with Gasteiger partial charge in [-0.2, -0.15) is 0 Å². The molecule has 0 saturated carbocycles. The van der Waals surface area contributed by atoms with Crippen molar-refractivity contribution in [2.45, 2.75) is 37.4 Å². The van der Waals surface area contributed by atoms with Gasteiger partial charge >= 0.3 is 5.97 Å². The molecule has 0 saturated heterocycles. The third kappa shape index (κ3) is 10.1. The molecule has 180 valence electrons. The summed E-state index contributed by atoms with van der Waals surface area (Å²) in [6.07, 6.45) is -1.19. The summed E-state index contributed by atoms with van der Waals surface area (Å²) >= 11 is 0. The van der Waals surface area contributed by atoms with Crippen molar-refractivity contribution in [1.82, 2.24) is 16.0 Å². The molecule has 11 N–H and O–H groups in total. The maximum absolute atomic E-state index is 12.4. The summed E-state index contributed by atoms with van der Waals surface area (Å²) in [6.45, 7) is -0.716. The lowest BCUT2D eigenvalue weighted by Gasteiger charge is -2.20. The van der Waals surface area contributed by atoms with E-state index in [9.17, 15) is 33.9 Å². The molecular weight excluding hydrogens is 440 g/mol. The smallest absolute Gasteiger partial charge is 0.326 e. The molecule has 0 fully saturated rings. The fourth-order valence-electron chi connectivity index (χ4n) is 2.61. The molecule has 0 aliphatic rings. The number of nitrogens with one attached hydrogen (secondary N) is 3. The Labute approximate surface area is 187 Å². The number of carboxylic acid groups (broad SMARTS) is 1. The van der Waals surface area contributed by atoms with Gasteiger partial charge in [0.05, 0.1) is 25.4 Å². The van der Waals surface area contributed by atoms with Crippen LogP contribution in [0.4, 0.5) is 0 Å². The van der Waals surface area contributed by atoms with Gasteiger partial charge in [-0.3, -0.25) is 24.0 Å². The predicted molar refractivity (Wildman–Crippen MR) is 112 cm³/mol. The van der Waals surface area contributed by atoms with E-state index >= 15 is 0 Å². The first-order valence-corrected chi connectivity index (χ1v) is 9.59. The second-order valence-corrected chi connectivity index (χ2v) is 7.06. The largest absolute Gasteiger partial charge is 0.508 e. The topological polar surface area (TPSA) is 257 Å². The van der Waals surface area contributed by atoms with E-state index < -0.39 is 73.0 Å². The normalized spacial score (nSPS) is 13.1. The molecule has 0 spiro atoms. The third-order valence-corrected chi connectivity index (χ3v) is 4.23. The van der Waals surface area contributed by atoms with Crippen LogP contribution < -0.4 is 33.2 Å². The zero-order valence-corrected chi connectivity index (χ0v) is 17.4. The van der Waals surface area contributed by atoms with Gasteiger partial charge < -0.3 is 43.4 Å². The zero-order chi connectivity index (χ0) is 25.1. The third-order valence-electron chi connectivity index (χ3n) is 4.23. The summed E-state index contributed by atoms with van der Waals surface area (Å²) in [4.78, 5) is 69.8. The van der Waals surface area contributed by atoms with Gasteiger partial charge in [0.25, 0.3) is 0 Å². The van der Waals surface area contributed by atoms with Crippen LogP contribution in [-0.2, 0) is 35.2 Å². The minimum atomic E-state index is -1.59. The minimum Gasteiger partial charge on any atom is -0.508 e. The fraction of sp³-hybridized carbons (Fsp3) is 0.368. The molecule has 1 aromatic rings. The quantitative estimate of drug-likeness (QED) is 0.141. The maximum atomic E-state index is 12.4. The van der Waals surface area contributed by atoms with E-state index in [1.54, 1.807) is 12.1 Å². The van der Waals surface area contributed by atoms with Crippen molar-refractivity contribution in [3.63, 3.8) is 0 Å². The molecule has 0 aromatic heterocycles. The number of hydrogen-bond acceptors (Lipinski definition) is 8. The number of aromatic hydroxyl groups is 1. The first-order valence-electron chi connectivity index (χ1n) is 9.59. The zero-order valence-electron chi connectivity index (χ0n) is 17.4. The highest BCUT2D eigenvalue weighted by atomic mass is 16.4. The Hall–Kier alpha value is -4.20. The number of phenolic OH excluding ortho intramolecular Hbond substituents is 1. The van der Waals surface area contributed by atoms with E-state index in [4.69, 9.17) is 22.3 Å². The van der Waals surface area contributed by atoms with Gasteiger partial charge in [0.1, 0.15) is 17.8 Å². The first kappa shape index (κ1) is 26.8. The molecule has 0 aliphatic carbocycles. The Morgan fingerprint density at radius 2 is 1.39 bits per heavy atom. The Kier molecular flexibility index (Phi) is 10.3. The molecule has 0 bridgehead atoms. The Bertz CT molecular complexity index is 904. The molecule has 5 amide bonds. The number of benzene rings is 1. The van der Waals surface area contributed by atoms with Crippen LogP contribution in [0.3, 0.4) is 0 Å². The molecular formula is C19H26N6O8. The summed E-state index contributed by atoms with van der Waals surface area (Å²) < 4.78 is 0. The van der Waals surface area contributed by atoms with Crippen molar-refractivity contribution in [2.24, 2.45) is 17.2 Å². The number of carbonyl (C=O) groups is 6. The molecule has 1 rings (SSSR count). The molecule has 14 nitrogen and oxygen atoms in total. The molecule has 14 heteroatoms. The van der Waals surface area contributed by atoms with Crippen LogP contribution in [0.2, 0.25) is 0 Å². The van der Waals surface area contributed by atoms with Crippen LogP contribution in [0.5, 0.6) is 5.75 Å². The van der Waals surface area contributed by atoms with E-state index in [1.165, 1.54) is 12.1 Å². The van der Waals surface area contributed by atoms with E-state index in [2.05, 4.69) is 10.6 Å². The lowest BCUT2D eigenvalue weighted by Crippen LogP contribution is -2.55. The molecule has 1 aromatic carbocycles. The number of rotatable bonds is 13. The predicted octanol–water partition coefficient (Wildman–Crippen LogP) is -3.82. The second-order valence-electron chi connectivity index (χ2n) is 7.06. The Morgan fingerprint density at radius 3 is 1.91 bits per heavy atom. The lowest BCUT2D eigenvalue weighted by atomic mass is 10.0. The molecule has 0 aliphatic heterocycles. The monoisotopic (exact) mass is 466 g/mol. The van der Waals surface area contributed by atoms with Gasteiger partial charge in [-0.25, -0.2) is 4.79 Å². The first-order chi connectivity index (χ1) is 15.4. The number of aliphatic carboxylic acids is 1. The highest BCUT2D eigenvalue weighted by molar-refractivity contribution is 5.95. The number of carboxylic acids is 1. The molecule has 0 radical (unpaired) electrons. The van der Waals surface area contributed by atoms with Gasteiger partial charge in [-0.05, 0) is 24.1 Å². The van der Waals surface area contributed by atoms with Crippen molar-refractivity contribution in [3.05, 3.63) is 29.8 Å². The summed E-state index contributed by atoms with van der Waals surface area (Å²) in [5, 5.41) is 24.7. The van der Waals surface area contributed by atoms with Crippen LogP contribution >= 0.6 is 0 Å². The van der Waals surface area contributed by atoms with Crippen LogP contribution in [0.15, 0.2) is 24.3 Å². The summed E-state index contributed by atoms with van der Waals surface area (Å²) in [5.41, 5.74) is 16.5. The van der Waals surface area contributed by atoms with Gasteiger partial charge in [-0.15, -0.1) is 0 Å². The van der Waals surface area contributed by atoms with E-state index in [-0.39, 0.29) is 12.2 Å². The van der Waals surface area contributed by atoms with Gasteiger partial charge in [-0.1, -0.05) is 12.1 Å². The SMILES string of the molecule is NC(=O)CC(NC(=O)CNC(=O)C(CC(N)=O)NC(=O)C(N)Cc1ccc(O)cc1)C(=O)O. The van der Waals surface area contributed by atoms with Crippen LogP contribution in [0.25, 0.3) is 0 Å². The average Bonchev–Trinajstić information content (AvgIpc) is 2.71. The lowest BCUT2D eigenvalue weighted by molar-refractivity contribution is -0.143. The molecule has 33 heavy (non-hydrogen) atoms. The summed E-state index contributed by atoms with van der Waals surface area (Å²) in [7, 11) is 0. The van der Waals surface area contributed by atoms with Crippen LogP contribution in [0.1, 0.15) is 18.4 Å². The van der Waals surface area contributed by atoms with E-state index in [1.807, 2.05) is 5.32 Å². The number of phenols is 1. The average molecular weight is 466 g/mol. The Morgan fingerprint density at radius 1 is 0.848 bits per heavy atom. The molecule has 0 heterocycles. The van der Waals surface area contributed by atoms with E-state index in [0.29, 0.717) is 5.56 Å². The Balaban J connectivity index is 2.69. The number of primary amides is 2. The highest BCUT2D eigenvalue weighted by Crippen LogP contribution is 2.11.